The van der Waals surface area contributed by atoms with E-state index in [-0.39, 0.29) is 0 Å². The Kier molecular flexibility index (Phi) is 6.51. The smallest absolute Gasteiger partial charge is 0.139 e. The van der Waals surface area contributed by atoms with Crippen molar-refractivity contribution >= 4 is 27.4 Å². The fourth-order valence-corrected chi connectivity index (χ4v) is 6.55. The van der Waals surface area contributed by atoms with Crippen molar-refractivity contribution in [2.45, 2.75) is 63.6 Å². The third kappa shape index (κ3) is 4.71. The molecular formula is C25H34N6O2S. The Morgan fingerprint density at radius 3 is 2.68 bits per heavy atom. The summed E-state index contributed by atoms with van der Waals surface area (Å²) in [6, 6.07) is 1.52. The molecule has 3 aromatic heterocycles. The van der Waals surface area contributed by atoms with Gasteiger partial charge in [-0.1, -0.05) is 0 Å². The van der Waals surface area contributed by atoms with Crippen LogP contribution in [0, 0.1) is 6.92 Å². The summed E-state index contributed by atoms with van der Waals surface area (Å²) in [6.07, 6.45) is 10.7. The second-order valence-electron chi connectivity index (χ2n) is 9.91. The Balaban J connectivity index is 1.16. The van der Waals surface area contributed by atoms with E-state index in [9.17, 15) is 0 Å². The van der Waals surface area contributed by atoms with Gasteiger partial charge in [-0.15, -0.1) is 11.3 Å². The molecule has 0 aromatic carbocycles. The number of thiophene rings is 1. The highest BCUT2D eigenvalue weighted by molar-refractivity contribution is 7.17. The van der Waals surface area contributed by atoms with E-state index in [0.29, 0.717) is 24.5 Å². The van der Waals surface area contributed by atoms with Gasteiger partial charge in [-0.2, -0.15) is 5.10 Å². The molecule has 1 saturated carbocycles. The predicted molar refractivity (Wildman–Crippen MR) is 134 cm³/mol. The van der Waals surface area contributed by atoms with Gasteiger partial charge >= 0.3 is 0 Å². The van der Waals surface area contributed by atoms with Crippen molar-refractivity contribution in [3.05, 3.63) is 34.7 Å². The van der Waals surface area contributed by atoms with E-state index in [4.69, 9.17) is 19.4 Å². The first-order valence-corrected chi connectivity index (χ1v) is 13.5. The van der Waals surface area contributed by atoms with Gasteiger partial charge in [0.25, 0.3) is 0 Å². The molecule has 0 bridgehead atoms. The third-order valence-corrected chi connectivity index (χ3v) is 8.55. The van der Waals surface area contributed by atoms with E-state index < -0.39 is 0 Å². The minimum Gasteiger partial charge on any atom is -0.379 e. The van der Waals surface area contributed by atoms with Crippen LogP contribution in [-0.2, 0) is 15.9 Å². The number of hydrogen-bond donors (Lipinski definition) is 1. The Morgan fingerprint density at radius 1 is 1.03 bits per heavy atom. The maximum Gasteiger partial charge on any atom is 0.139 e. The lowest BCUT2D eigenvalue weighted by molar-refractivity contribution is 0.00791. The van der Waals surface area contributed by atoms with Crippen molar-refractivity contribution in [3.63, 3.8) is 0 Å². The van der Waals surface area contributed by atoms with Crippen LogP contribution in [0.2, 0.25) is 0 Å². The highest BCUT2D eigenvalue weighted by atomic mass is 32.1. The van der Waals surface area contributed by atoms with Gasteiger partial charge in [0, 0.05) is 44.4 Å². The van der Waals surface area contributed by atoms with Crippen LogP contribution < -0.4 is 5.32 Å². The van der Waals surface area contributed by atoms with E-state index in [2.05, 4.69) is 33.8 Å². The standard InChI is InChI=1S/C25H34N6O2S/c1-17-16-34-25-23(17)24(27-19-2-4-20(5-3-19)30-7-10-32-11-8-30)28-22(29-25)12-18-13-26-31(14-18)21-6-9-33-15-21/h13-14,16,19-21H,2-12,15H2,1H3,(H,27,28,29)/t19?,20?,21-/m0/s1. The van der Waals surface area contributed by atoms with Crippen molar-refractivity contribution < 1.29 is 9.47 Å². The quantitative estimate of drug-likeness (QED) is 0.573. The Morgan fingerprint density at radius 2 is 1.88 bits per heavy atom. The number of aromatic nitrogens is 4. The molecule has 3 aromatic rings. The number of anilines is 1. The van der Waals surface area contributed by atoms with Crippen molar-refractivity contribution in [2.24, 2.45) is 0 Å². The molecule has 0 amide bonds. The number of morpholine rings is 1. The number of nitrogens with zero attached hydrogens (tertiary/aromatic N) is 5. The zero-order chi connectivity index (χ0) is 22.9. The van der Waals surface area contributed by atoms with Crippen molar-refractivity contribution in [1.82, 2.24) is 24.6 Å². The maximum atomic E-state index is 5.54. The summed E-state index contributed by atoms with van der Waals surface area (Å²) in [6.45, 7) is 7.65. The minimum absolute atomic E-state index is 0.349. The average Bonchev–Trinajstić information content (AvgIpc) is 3.62. The monoisotopic (exact) mass is 482 g/mol. The van der Waals surface area contributed by atoms with Gasteiger partial charge in [0.2, 0.25) is 0 Å². The molecule has 2 saturated heterocycles. The lowest BCUT2D eigenvalue weighted by Gasteiger charge is -2.39. The van der Waals surface area contributed by atoms with Crippen LogP contribution in [0.15, 0.2) is 17.8 Å². The molecule has 9 heteroatoms. The lowest BCUT2D eigenvalue weighted by Crippen LogP contribution is -2.46. The normalized spacial score (nSPS) is 26.3. The largest absolute Gasteiger partial charge is 0.379 e. The number of rotatable bonds is 6. The third-order valence-electron chi connectivity index (χ3n) is 7.56. The SMILES string of the molecule is Cc1csc2nc(Cc3cnn([C@H]4CCOC4)c3)nc(NC3CCC(N4CCOCC4)CC3)c12. The number of fused-ring (bicyclic) bond motifs is 1. The molecule has 3 fully saturated rings. The molecule has 0 spiro atoms. The van der Waals surface area contributed by atoms with Gasteiger partial charge in [-0.25, -0.2) is 9.97 Å². The van der Waals surface area contributed by atoms with Crippen LogP contribution in [0.4, 0.5) is 5.82 Å². The van der Waals surface area contributed by atoms with E-state index in [0.717, 1.165) is 68.0 Å². The molecule has 8 nitrogen and oxygen atoms in total. The minimum atomic E-state index is 0.349. The first-order valence-electron chi connectivity index (χ1n) is 12.7. The summed E-state index contributed by atoms with van der Waals surface area (Å²) in [5, 5.41) is 11.8. The highest BCUT2D eigenvalue weighted by Gasteiger charge is 2.28. The van der Waals surface area contributed by atoms with Crippen LogP contribution in [0.1, 0.15) is 55.1 Å². The zero-order valence-electron chi connectivity index (χ0n) is 19.9. The predicted octanol–water partition coefficient (Wildman–Crippen LogP) is 3.80. The van der Waals surface area contributed by atoms with Gasteiger partial charge in [0.15, 0.2) is 0 Å². The molecule has 2 aliphatic heterocycles. The second kappa shape index (κ2) is 9.89. The van der Waals surface area contributed by atoms with Crippen LogP contribution in [-0.4, -0.2) is 76.2 Å². The van der Waals surface area contributed by atoms with Crippen LogP contribution in [0.5, 0.6) is 0 Å². The van der Waals surface area contributed by atoms with Crippen LogP contribution in [0.25, 0.3) is 10.2 Å². The summed E-state index contributed by atoms with van der Waals surface area (Å²) >= 11 is 1.71. The Hall–Kier alpha value is -2.07. The van der Waals surface area contributed by atoms with Gasteiger partial charge in [0.1, 0.15) is 16.5 Å². The summed E-state index contributed by atoms with van der Waals surface area (Å²) < 4.78 is 13.1. The van der Waals surface area contributed by atoms with Gasteiger partial charge in [-0.05, 0) is 55.5 Å². The molecule has 182 valence electrons. The first-order chi connectivity index (χ1) is 16.7. The summed E-state index contributed by atoms with van der Waals surface area (Å²) in [4.78, 5) is 13.6. The van der Waals surface area contributed by atoms with Crippen LogP contribution >= 0.6 is 11.3 Å². The molecule has 6 rings (SSSR count). The molecule has 0 radical (unpaired) electrons. The summed E-state index contributed by atoms with van der Waals surface area (Å²) in [7, 11) is 0. The topological polar surface area (TPSA) is 77.3 Å². The van der Waals surface area contributed by atoms with Gasteiger partial charge in [-0.3, -0.25) is 9.58 Å². The molecule has 1 N–H and O–H groups in total. The summed E-state index contributed by atoms with van der Waals surface area (Å²) in [5.41, 5.74) is 2.40. The van der Waals surface area contributed by atoms with Gasteiger partial charge in [0.05, 0.1) is 37.4 Å². The highest BCUT2D eigenvalue weighted by Crippen LogP contribution is 2.33. The van der Waals surface area contributed by atoms with Gasteiger partial charge < -0.3 is 14.8 Å². The number of ether oxygens (including phenoxy) is 2. The molecule has 34 heavy (non-hydrogen) atoms. The van der Waals surface area contributed by atoms with E-state index >= 15 is 0 Å². The zero-order valence-corrected chi connectivity index (χ0v) is 20.7. The number of aryl methyl sites for hydroxylation is 1. The molecular weight excluding hydrogens is 448 g/mol. The van der Waals surface area contributed by atoms with Crippen molar-refractivity contribution in [2.75, 3.05) is 44.8 Å². The van der Waals surface area contributed by atoms with E-state index in [1.807, 2.05) is 10.9 Å². The average molecular weight is 483 g/mol. The Bertz CT molecular complexity index is 1110. The molecule has 1 atom stereocenters. The molecule has 5 heterocycles. The number of hydrogen-bond acceptors (Lipinski definition) is 8. The maximum absolute atomic E-state index is 5.54. The van der Waals surface area contributed by atoms with Crippen molar-refractivity contribution in [3.8, 4) is 0 Å². The first kappa shape index (κ1) is 22.4. The fourth-order valence-electron chi connectivity index (χ4n) is 5.61. The number of nitrogens with one attached hydrogen (secondary N) is 1. The summed E-state index contributed by atoms with van der Waals surface area (Å²) in [5.74, 6) is 1.87. The lowest BCUT2D eigenvalue weighted by atomic mass is 9.90. The molecule has 3 aliphatic rings. The van der Waals surface area contributed by atoms with Crippen molar-refractivity contribution in [1.29, 1.82) is 0 Å². The van der Waals surface area contributed by atoms with Crippen LogP contribution in [0.3, 0.4) is 0 Å². The van der Waals surface area contributed by atoms with E-state index in [1.54, 1.807) is 11.3 Å². The Labute approximate surface area is 204 Å². The molecule has 1 aliphatic carbocycles. The second-order valence-corrected chi connectivity index (χ2v) is 10.8. The van der Waals surface area contributed by atoms with E-state index in [1.165, 1.54) is 36.6 Å². The molecule has 0 unspecified atom stereocenters. The fraction of sp³-hybridized carbons (Fsp3) is 0.640.